The van der Waals surface area contributed by atoms with Crippen LogP contribution >= 0.6 is 11.6 Å². The predicted octanol–water partition coefficient (Wildman–Crippen LogP) is 3.65. The van der Waals surface area contributed by atoms with Crippen molar-refractivity contribution >= 4 is 28.9 Å². The molecule has 0 radical (unpaired) electrons. The molecule has 0 fully saturated rings. The molecule has 0 aliphatic carbocycles. The van der Waals surface area contributed by atoms with Crippen LogP contribution in [0, 0.1) is 11.3 Å². The number of nitrogens with zero attached hydrogens (tertiary/aromatic N) is 1. The summed E-state index contributed by atoms with van der Waals surface area (Å²) in [5.41, 5.74) is 1.75. The second kappa shape index (κ2) is 5.42. The van der Waals surface area contributed by atoms with Gasteiger partial charge in [0.05, 0.1) is 16.8 Å². The second-order valence-corrected chi connectivity index (χ2v) is 4.25. The summed E-state index contributed by atoms with van der Waals surface area (Å²) >= 11 is 5.81. The first-order valence-corrected chi connectivity index (χ1v) is 5.78. The van der Waals surface area contributed by atoms with E-state index >= 15 is 0 Å². The zero-order valence-electron chi connectivity index (χ0n) is 9.72. The molecular formula is C14H9ClN2O2. The zero-order chi connectivity index (χ0) is 13.8. The Hall–Kier alpha value is -2.51. The Morgan fingerprint density at radius 3 is 2.74 bits per heavy atom. The van der Waals surface area contributed by atoms with Crippen molar-refractivity contribution in [3.63, 3.8) is 0 Å². The molecule has 0 spiro atoms. The fourth-order valence-corrected chi connectivity index (χ4v) is 1.78. The summed E-state index contributed by atoms with van der Waals surface area (Å²) in [6, 6.07) is 13.3. The Morgan fingerprint density at radius 1 is 1.26 bits per heavy atom. The van der Waals surface area contributed by atoms with Gasteiger partial charge in [-0.2, -0.15) is 5.26 Å². The van der Waals surface area contributed by atoms with Crippen LogP contribution in [-0.4, -0.2) is 11.1 Å². The number of nitrogens with one attached hydrogen (secondary N) is 1. The number of halogens is 1. The van der Waals surface area contributed by atoms with E-state index in [-0.39, 0.29) is 5.56 Å². The van der Waals surface area contributed by atoms with Gasteiger partial charge < -0.3 is 10.4 Å². The highest BCUT2D eigenvalue weighted by atomic mass is 35.5. The zero-order valence-corrected chi connectivity index (χ0v) is 10.5. The summed E-state index contributed by atoms with van der Waals surface area (Å²) < 4.78 is 0. The maximum atomic E-state index is 10.9. The summed E-state index contributed by atoms with van der Waals surface area (Å²) in [5.74, 6) is -1.000. The number of aromatic carboxylic acids is 1. The van der Waals surface area contributed by atoms with Crippen LogP contribution in [0.2, 0.25) is 5.02 Å². The van der Waals surface area contributed by atoms with Crippen LogP contribution < -0.4 is 5.32 Å². The molecule has 0 aromatic heterocycles. The molecule has 2 rings (SSSR count). The molecule has 5 heteroatoms. The first-order valence-electron chi connectivity index (χ1n) is 5.40. The van der Waals surface area contributed by atoms with Gasteiger partial charge in [0, 0.05) is 10.7 Å². The topological polar surface area (TPSA) is 73.1 Å². The van der Waals surface area contributed by atoms with Crippen LogP contribution in [0.5, 0.6) is 0 Å². The van der Waals surface area contributed by atoms with Gasteiger partial charge in [-0.25, -0.2) is 4.79 Å². The highest BCUT2D eigenvalue weighted by Gasteiger charge is 2.06. The van der Waals surface area contributed by atoms with Crippen molar-refractivity contribution < 1.29 is 9.90 Å². The first-order chi connectivity index (χ1) is 9.10. The van der Waals surface area contributed by atoms with E-state index in [1.165, 1.54) is 12.1 Å². The van der Waals surface area contributed by atoms with Gasteiger partial charge in [-0.15, -0.1) is 0 Å². The predicted molar refractivity (Wildman–Crippen MR) is 72.9 cm³/mol. The van der Waals surface area contributed by atoms with E-state index in [1.54, 1.807) is 30.3 Å². The normalized spacial score (nSPS) is 9.68. The largest absolute Gasteiger partial charge is 0.478 e. The highest BCUT2D eigenvalue weighted by molar-refractivity contribution is 6.30. The van der Waals surface area contributed by atoms with Crippen molar-refractivity contribution in [2.24, 2.45) is 0 Å². The molecular weight excluding hydrogens is 264 g/mol. The minimum atomic E-state index is -1.000. The van der Waals surface area contributed by atoms with Crippen molar-refractivity contribution in [1.29, 1.82) is 5.26 Å². The van der Waals surface area contributed by atoms with Gasteiger partial charge >= 0.3 is 5.97 Å². The van der Waals surface area contributed by atoms with Crippen molar-refractivity contribution in [3.05, 3.63) is 58.6 Å². The number of hydrogen-bond donors (Lipinski definition) is 2. The lowest BCUT2D eigenvalue weighted by Gasteiger charge is -2.09. The fourth-order valence-electron chi connectivity index (χ4n) is 1.60. The molecule has 0 aliphatic rings. The number of benzene rings is 2. The third kappa shape index (κ3) is 3.03. The lowest BCUT2D eigenvalue weighted by molar-refractivity contribution is 0.0697. The summed E-state index contributed by atoms with van der Waals surface area (Å²) in [7, 11) is 0. The molecule has 2 aromatic rings. The maximum absolute atomic E-state index is 10.9. The first kappa shape index (κ1) is 12.9. The van der Waals surface area contributed by atoms with Gasteiger partial charge in [0.1, 0.15) is 6.07 Å². The number of nitriles is 1. The van der Waals surface area contributed by atoms with Gasteiger partial charge in [0.25, 0.3) is 0 Å². The molecule has 2 N–H and O–H groups in total. The fraction of sp³-hybridized carbons (Fsp3) is 0. The molecule has 0 heterocycles. The number of carbonyl (C=O) groups is 1. The van der Waals surface area contributed by atoms with Crippen LogP contribution in [0.4, 0.5) is 11.4 Å². The Kier molecular flexibility index (Phi) is 3.69. The van der Waals surface area contributed by atoms with Gasteiger partial charge in [-0.1, -0.05) is 17.7 Å². The number of carboxylic acid groups (broad SMARTS) is 1. The SMILES string of the molecule is N#Cc1cc(Cl)ccc1Nc1cccc(C(=O)O)c1. The monoisotopic (exact) mass is 272 g/mol. The molecule has 4 nitrogen and oxygen atoms in total. The van der Waals surface area contributed by atoms with E-state index < -0.39 is 5.97 Å². The summed E-state index contributed by atoms with van der Waals surface area (Å²) in [4.78, 5) is 10.9. The van der Waals surface area contributed by atoms with Crippen molar-refractivity contribution in [2.75, 3.05) is 5.32 Å². The van der Waals surface area contributed by atoms with E-state index in [9.17, 15) is 4.79 Å². The molecule has 19 heavy (non-hydrogen) atoms. The number of carboxylic acids is 1. The van der Waals surface area contributed by atoms with Crippen molar-refractivity contribution in [1.82, 2.24) is 0 Å². The van der Waals surface area contributed by atoms with Gasteiger partial charge in [-0.05, 0) is 36.4 Å². The van der Waals surface area contributed by atoms with E-state index in [2.05, 4.69) is 5.32 Å². The van der Waals surface area contributed by atoms with Crippen LogP contribution in [-0.2, 0) is 0 Å². The Balaban J connectivity index is 2.34. The molecule has 0 unspecified atom stereocenters. The molecule has 0 bridgehead atoms. The Morgan fingerprint density at radius 2 is 2.05 bits per heavy atom. The van der Waals surface area contributed by atoms with E-state index in [0.717, 1.165) is 0 Å². The van der Waals surface area contributed by atoms with Gasteiger partial charge in [0.15, 0.2) is 0 Å². The van der Waals surface area contributed by atoms with Gasteiger partial charge in [-0.3, -0.25) is 0 Å². The standard InChI is InChI=1S/C14H9ClN2O2/c15-11-4-5-13(10(6-11)8-16)17-12-3-1-2-9(7-12)14(18)19/h1-7,17H,(H,18,19). The van der Waals surface area contributed by atoms with Crippen LogP contribution in [0.25, 0.3) is 0 Å². The van der Waals surface area contributed by atoms with E-state index in [1.807, 2.05) is 6.07 Å². The number of rotatable bonds is 3. The number of anilines is 2. The summed E-state index contributed by atoms with van der Waals surface area (Å²) in [5, 5.41) is 21.4. The lowest BCUT2D eigenvalue weighted by atomic mass is 10.1. The van der Waals surface area contributed by atoms with Crippen molar-refractivity contribution in [2.45, 2.75) is 0 Å². The van der Waals surface area contributed by atoms with Crippen molar-refractivity contribution in [3.8, 4) is 6.07 Å². The molecule has 0 aliphatic heterocycles. The summed E-state index contributed by atoms with van der Waals surface area (Å²) in [6.45, 7) is 0. The minimum absolute atomic E-state index is 0.178. The van der Waals surface area contributed by atoms with Crippen LogP contribution in [0.3, 0.4) is 0 Å². The third-order valence-corrected chi connectivity index (χ3v) is 2.73. The van der Waals surface area contributed by atoms with Gasteiger partial charge in [0.2, 0.25) is 0 Å². The third-order valence-electron chi connectivity index (χ3n) is 2.49. The molecule has 0 saturated carbocycles. The minimum Gasteiger partial charge on any atom is -0.478 e. The molecule has 2 aromatic carbocycles. The molecule has 0 amide bonds. The maximum Gasteiger partial charge on any atom is 0.335 e. The molecule has 0 atom stereocenters. The lowest BCUT2D eigenvalue weighted by Crippen LogP contribution is -1.98. The second-order valence-electron chi connectivity index (χ2n) is 3.81. The van der Waals surface area contributed by atoms with E-state index in [4.69, 9.17) is 22.0 Å². The average Bonchev–Trinajstić information content (AvgIpc) is 2.41. The highest BCUT2D eigenvalue weighted by Crippen LogP contribution is 2.24. The smallest absolute Gasteiger partial charge is 0.335 e. The Bertz CT molecular complexity index is 677. The molecule has 0 saturated heterocycles. The quantitative estimate of drug-likeness (QED) is 0.894. The van der Waals surface area contributed by atoms with E-state index in [0.29, 0.717) is 22.0 Å². The Labute approximate surface area is 114 Å². The molecule has 94 valence electrons. The van der Waals surface area contributed by atoms with Crippen LogP contribution in [0.15, 0.2) is 42.5 Å². The summed E-state index contributed by atoms with van der Waals surface area (Å²) in [6.07, 6.45) is 0. The average molecular weight is 273 g/mol. The van der Waals surface area contributed by atoms with Crippen LogP contribution in [0.1, 0.15) is 15.9 Å². The number of hydrogen-bond acceptors (Lipinski definition) is 3.